The van der Waals surface area contributed by atoms with Gasteiger partial charge in [0.1, 0.15) is 12.4 Å². The largest absolute Gasteiger partial charge is 0.490 e. The van der Waals surface area contributed by atoms with E-state index in [0.29, 0.717) is 19.6 Å². The molecule has 0 unspecified atom stereocenters. The van der Waals surface area contributed by atoms with Crippen LogP contribution in [-0.2, 0) is 0 Å². The fourth-order valence-corrected chi connectivity index (χ4v) is 1.90. The van der Waals surface area contributed by atoms with E-state index in [1.54, 1.807) is 0 Å². The lowest BCUT2D eigenvalue weighted by molar-refractivity contribution is 0.170. The Hall–Kier alpha value is -1.26. The summed E-state index contributed by atoms with van der Waals surface area (Å²) in [4.78, 5) is 2.14. The van der Waals surface area contributed by atoms with Gasteiger partial charge in [-0.2, -0.15) is 0 Å². The topological polar surface area (TPSA) is 58.7 Å². The van der Waals surface area contributed by atoms with Crippen LogP contribution in [0.25, 0.3) is 0 Å². The maximum absolute atomic E-state index is 9.87. The third-order valence-corrected chi connectivity index (χ3v) is 2.90. The maximum atomic E-state index is 9.87. The predicted octanol–water partition coefficient (Wildman–Crippen LogP) is 0.897. The fourth-order valence-electron chi connectivity index (χ4n) is 1.90. The third kappa shape index (κ3) is 2.13. The van der Waals surface area contributed by atoms with E-state index in [1.807, 2.05) is 25.2 Å². The summed E-state index contributed by atoms with van der Waals surface area (Å²) in [6.07, 6.45) is 0.106. The molecule has 1 heterocycles. The van der Waals surface area contributed by atoms with Gasteiger partial charge in [0.15, 0.2) is 0 Å². The van der Waals surface area contributed by atoms with Crippen LogP contribution in [-0.4, -0.2) is 31.9 Å². The van der Waals surface area contributed by atoms with Gasteiger partial charge >= 0.3 is 0 Å². The van der Waals surface area contributed by atoms with E-state index in [0.717, 1.165) is 23.5 Å². The van der Waals surface area contributed by atoms with Crippen molar-refractivity contribution in [1.82, 2.24) is 0 Å². The van der Waals surface area contributed by atoms with Crippen LogP contribution >= 0.6 is 0 Å². The lowest BCUT2D eigenvalue weighted by atomic mass is 10.0. The molecule has 0 radical (unpaired) electrons. The summed E-state index contributed by atoms with van der Waals surface area (Å²) in [7, 11) is 2.03. The van der Waals surface area contributed by atoms with Crippen LogP contribution in [0.2, 0.25) is 0 Å². The SMILES string of the molecule is CN1CCOc2ccc([C@@H](O)CCN)cc21. The van der Waals surface area contributed by atoms with Gasteiger partial charge in [0.2, 0.25) is 0 Å². The molecular formula is C12H18N2O2. The minimum atomic E-state index is -0.481. The van der Waals surface area contributed by atoms with E-state index in [4.69, 9.17) is 10.5 Å². The van der Waals surface area contributed by atoms with Crippen LogP contribution in [0.15, 0.2) is 18.2 Å². The number of nitrogens with two attached hydrogens (primary N) is 1. The number of aliphatic hydroxyl groups excluding tert-OH is 1. The smallest absolute Gasteiger partial charge is 0.142 e. The van der Waals surface area contributed by atoms with Crippen molar-refractivity contribution in [2.24, 2.45) is 5.73 Å². The number of aliphatic hydroxyl groups is 1. The van der Waals surface area contributed by atoms with Crippen LogP contribution in [0.5, 0.6) is 5.75 Å². The second kappa shape index (κ2) is 4.72. The first kappa shape index (κ1) is 11.2. The molecular weight excluding hydrogens is 204 g/mol. The van der Waals surface area contributed by atoms with Gasteiger partial charge in [0.25, 0.3) is 0 Å². The van der Waals surface area contributed by atoms with Crippen LogP contribution in [0.4, 0.5) is 5.69 Å². The standard InChI is InChI=1S/C12H18N2O2/c1-14-6-7-16-12-3-2-9(8-10(12)14)11(15)4-5-13/h2-3,8,11,15H,4-7,13H2,1H3/t11-/m0/s1. The molecule has 1 aromatic carbocycles. The molecule has 0 amide bonds. The number of fused-ring (bicyclic) bond motifs is 1. The van der Waals surface area contributed by atoms with Crippen LogP contribution in [0, 0.1) is 0 Å². The summed E-state index contributed by atoms with van der Waals surface area (Å²) >= 11 is 0. The molecule has 1 atom stereocenters. The average Bonchev–Trinajstić information content (AvgIpc) is 2.29. The summed E-state index contributed by atoms with van der Waals surface area (Å²) < 4.78 is 5.54. The molecule has 0 saturated heterocycles. The minimum absolute atomic E-state index is 0.481. The highest BCUT2D eigenvalue weighted by atomic mass is 16.5. The Labute approximate surface area is 95.6 Å². The number of benzene rings is 1. The Bertz CT molecular complexity index is 368. The fraction of sp³-hybridized carbons (Fsp3) is 0.500. The van der Waals surface area contributed by atoms with E-state index in [9.17, 15) is 5.11 Å². The van der Waals surface area contributed by atoms with Crippen LogP contribution in [0.3, 0.4) is 0 Å². The second-order valence-electron chi connectivity index (χ2n) is 4.09. The lowest BCUT2D eigenvalue weighted by Crippen LogP contribution is -2.28. The predicted molar refractivity (Wildman–Crippen MR) is 63.8 cm³/mol. The highest BCUT2D eigenvalue weighted by Gasteiger charge is 2.17. The van der Waals surface area contributed by atoms with E-state index in [1.165, 1.54) is 0 Å². The van der Waals surface area contributed by atoms with Gasteiger partial charge in [-0.05, 0) is 30.7 Å². The summed E-state index contributed by atoms with van der Waals surface area (Å²) in [6.45, 7) is 2.09. The Balaban J connectivity index is 2.26. The molecule has 1 aliphatic heterocycles. The number of anilines is 1. The molecule has 3 N–H and O–H groups in total. The first-order chi connectivity index (χ1) is 7.72. The summed E-state index contributed by atoms with van der Waals surface area (Å²) in [5, 5.41) is 9.87. The second-order valence-corrected chi connectivity index (χ2v) is 4.09. The molecule has 0 aliphatic carbocycles. The van der Waals surface area contributed by atoms with Gasteiger partial charge < -0.3 is 20.5 Å². The van der Waals surface area contributed by atoms with Gasteiger partial charge in [-0.1, -0.05) is 6.07 Å². The van der Waals surface area contributed by atoms with Gasteiger partial charge in [-0.3, -0.25) is 0 Å². The number of nitrogens with zero attached hydrogens (tertiary/aromatic N) is 1. The Morgan fingerprint density at radius 1 is 1.56 bits per heavy atom. The van der Waals surface area contributed by atoms with Crippen LogP contribution < -0.4 is 15.4 Å². The average molecular weight is 222 g/mol. The van der Waals surface area contributed by atoms with Gasteiger partial charge in [0, 0.05) is 7.05 Å². The summed E-state index contributed by atoms with van der Waals surface area (Å²) in [5.74, 6) is 0.887. The van der Waals surface area contributed by atoms with Crippen molar-refractivity contribution in [2.45, 2.75) is 12.5 Å². The molecule has 0 saturated carbocycles. The van der Waals surface area contributed by atoms with Crippen LogP contribution in [0.1, 0.15) is 18.1 Å². The lowest BCUT2D eigenvalue weighted by Gasteiger charge is -2.28. The zero-order chi connectivity index (χ0) is 11.5. The van der Waals surface area contributed by atoms with Gasteiger partial charge in [0.05, 0.1) is 18.3 Å². The Kier molecular flexibility index (Phi) is 3.31. The number of rotatable bonds is 3. The molecule has 0 spiro atoms. The third-order valence-electron chi connectivity index (χ3n) is 2.90. The van der Waals surface area contributed by atoms with E-state index >= 15 is 0 Å². The van der Waals surface area contributed by atoms with Crippen molar-refractivity contribution in [3.63, 3.8) is 0 Å². The normalized spacial score (nSPS) is 16.6. The summed E-state index contributed by atoms with van der Waals surface area (Å²) in [5.41, 5.74) is 7.38. The number of hydrogen-bond acceptors (Lipinski definition) is 4. The quantitative estimate of drug-likeness (QED) is 0.797. The molecule has 0 aromatic heterocycles. The first-order valence-electron chi connectivity index (χ1n) is 5.58. The molecule has 0 fully saturated rings. The minimum Gasteiger partial charge on any atom is -0.490 e. The van der Waals surface area contributed by atoms with Crippen molar-refractivity contribution in [1.29, 1.82) is 0 Å². The van der Waals surface area contributed by atoms with Crippen molar-refractivity contribution < 1.29 is 9.84 Å². The van der Waals surface area contributed by atoms with Gasteiger partial charge in [-0.25, -0.2) is 0 Å². The maximum Gasteiger partial charge on any atom is 0.142 e. The van der Waals surface area contributed by atoms with E-state index < -0.39 is 6.10 Å². The zero-order valence-electron chi connectivity index (χ0n) is 9.52. The van der Waals surface area contributed by atoms with Crippen molar-refractivity contribution in [3.8, 4) is 5.75 Å². The van der Waals surface area contributed by atoms with Gasteiger partial charge in [-0.15, -0.1) is 0 Å². The Morgan fingerprint density at radius 3 is 3.12 bits per heavy atom. The number of hydrogen-bond donors (Lipinski definition) is 2. The first-order valence-corrected chi connectivity index (χ1v) is 5.58. The molecule has 1 aliphatic rings. The Morgan fingerprint density at radius 2 is 2.38 bits per heavy atom. The number of ether oxygens (including phenoxy) is 1. The zero-order valence-corrected chi connectivity index (χ0v) is 9.52. The highest BCUT2D eigenvalue weighted by Crippen LogP contribution is 2.33. The molecule has 2 rings (SSSR count). The van der Waals surface area contributed by atoms with Crippen molar-refractivity contribution >= 4 is 5.69 Å². The molecule has 0 bridgehead atoms. The monoisotopic (exact) mass is 222 g/mol. The molecule has 88 valence electrons. The van der Waals surface area contributed by atoms with Crippen molar-refractivity contribution in [3.05, 3.63) is 23.8 Å². The van der Waals surface area contributed by atoms with Crippen molar-refractivity contribution in [2.75, 3.05) is 31.6 Å². The molecule has 4 nitrogen and oxygen atoms in total. The molecule has 4 heteroatoms. The van der Waals surface area contributed by atoms with E-state index in [-0.39, 0.29) is 0 Å². The molecule has 16 heavy (non-hydrogen) atoms. The molecule has 1 aromatic rings. The number of likely N-dealkylation sites (N-methyl/N-ethyl adjacent to an activating group) is 1. The summed E-state index contributed by atoms with van der Waals surface area (Å²) in [6, 6.07) is 5.80. The van der Waals surface area contributed by atoms with E-state index in [2.05, 4.69) is 4.90 Å². The highest BCUT2D eigenvalue weighted by molar-refractivity contribution is 5.61.